The monoisotopic (exact) mass is 608 g/mol. The predicted molar refractivity (Wildman–Crippen MR) is 164 cm³/mol. The average molecular weight is 609 g/mol. The van der Waals surface area contributed by atoms with Gasteiger partial charge in [0.05, 0.1) is 17.0 Å². The Balaban J connectivity index is 1.48. The molecule has 0 saturated carbocycles. The predicted octanol–water partition coefficient (Wildman–Crippen LogP) is 5.37. The molecule has 0 aliphatic carbocycles. The Morgan fingerprint density at radius 1 is 0.769 bits per heavy atom. The van der Waals surface area contributed by atoms with Crippen molar-refractivity contribution in [3.8, 4) is 0 Å². The van der Waals surface area contributed by atoms with E-state index >= 15 is 0 Å². The highest BCUT2D eigenvalue weighted by Crippen LogP contribution is 2.35. The van der Waals surface area contributed by atoms with Gasteiger partial charge in [0.15, 0.2) is 0 Å². The van der Waals surface area contributed by atoms with E-state index in [9.17, 15) is 13.0 Å². The van der Waals surface area contributed by atoms with E-state index in [2.05, 4.69) is 4.72 Å². The van der Waals surface area contributed by atoms with E-state index < -0.39 is 29.7 Å². The van der Waals surface area contributed by atoms with Crippen LogP contribution in [0.15, 0.2) is 89.8 Å². The van der Waals surface area contributed by atoms with E-state index in [1.807, 2.05) is 84.6 Å². The Bertz CT molecular complexity index is 1270. The van der Waals surface area contributed by atoms with Gasteiger partial charge in [-0.1, -0.05) is 72.8 Å². The summed E-state index contributed by atoms with van der Waals surface area (Å²) in [6.45, 7) is 0. The van der Waals surface area contributed by atoms with E-state index in [1.165, 1.54) is 0 Å². The van der Waals surface area contributed by atoms with Crippen molar-refractivity contribution in [2.45, 2.75) is 36.2 Å². The zero-order valence-electron chi connectivity index (χ0n) is 21.8. The topological polar surface area (TPSA) is 130 Å². The van der Waals surface area contributed by atoms with Gasteiger partial charge in [-0.15, -0.1) is 0 Å². The number of nitrogens with one attached hydrogen (secondary N) is 1. The second-order valence-electron chi connectivity index (χ2n) is 9.16. The van der Waals surface area contributed by atoms with Crippen molar-refractivity contribution in [1.82, 2.24) is 4.72 Å². The molecule has 3 aromatic carbocycles. The first-order chi connectivity index (χ1) is 18.7. The maximum absolute atomic E-state index is 13.3. The van der Waals surface area contributed by atoms with Crippen molar-refractivity contribution >= 4 is 41.1 Å². The molecule has 0 heterocycles. The van der Waals surface area contributed by atoms with Gasteiger partial charge in [0.2, 0.25) is 10.0 Å². The maximum atomic E-state index is 13.3. The first-order valence-corrected chi connectivity index (χ1v) is 18.4. The van der Waals surface area contributed by atoms with E-state index in [1.54, 1.807) is 23.9 Å². The number of aryl methyl sites for hydroxylation is 1. The van der Waals surface area contributed by atoms with Crippen molar-refractivity contribution in [2.24, 2.45) is 5.73 Å². The summed E-state index contributed by atoms with van der Waals surface area (Å²) in [4.78, 5) is 17.9. The summed E-state index contributed by atoms with van der Waals surface area (Å²) < 4.78 is 40.3. The van der Waals surface area contributed by atoms with Crippen LogP contribution in [0.4, 0.5) is 0 Å². The number of rotatable bonds is 17. The SMILES string of the molecule is N[C@H](c1ccccc1)[C@H](NS(=O)(=O)c1ccc(CCSCCSCCCCP(=O)(O)O)cc1)c1ccccc1. The van der Waals surface area contributed by atoms with Crippen molar-refractivity contribution in [3.05, 3.63) is 102 Å². The standard InChI is InChI=1S/C28H37N2O5PS3/c29-27(24-9-3-1-4-10-24)28(25-11-5-2-6-12-25)30-39(34,35)26-15-13-23(14-16-26)17-20-38-22-21-37-19-8-7-18-36(31,32)33/h1-6,9-16,27-28,30H,7-8,17-22,29H2,(H2,31,32,33)/t27-,28-/m1/s1. The van der Waals surface area contributed by atoms with Gasteiger partial charge in [-0.05, 0) is 59.6 Å². The minimum absolute atomic E-state index is 0.0344. The van der Waals surface area contributed by atoms with Gasteiger partial charge in [0, 0.05) is 17.7 Å². The Kier molecular flexibility index (Phi) is 13.1. The van der Waals surface area contributed by atoms with Crippen LogP contribution in [0.2, 0.25) is 0 Å². The van der Waals surface area contributed by atoms with Crippen LogP contribution >= 0.6 is 31.1 Å². The van der Waals surface area contributed by atoms with Crippen molar-refractivity contribution in [2.75, 3.05) is 29.2 Å². The number of nitrogens with two attached hydrogens (primary N) is 1. The molecule has 0 spiro atoms. The second kappa shape index (κ2) is 16.0. The van der Waals surface area contributed by atoms with E-state index in [-0.39, 0.29) is 11.1 Å². The zero-order chi connectivity index (χ0) is 28.1. The molecule has 0 saturated heterocycles. The molecule has 11 heteroatoms. The molecule has 0 unspecified atom stereocenters. The molecule has 0 aliphatic rings. The van der Waals surface area contributed by atoms with E-state index in [4.69, 9.17) is 15.5 Å². The molecular formula is C28H37N2O5PS3. The Labute approximate surface area is 240 Å². The second-order valence-corrected chi connectivity index (χ2v) is 15.1. The Morgan fingerprint density at radius 3 is 1.92 bits per heavy atom. The van der Waals surface area contributed by atoms with Gasteiger partial charge in [0.1, 0.15) is 0 Å². The number of thioether (sulfide) groups is 2. The van der Waals surface area contributed by atoms with Gasteiger partial charge < -0.3 is 15.5 Å². The summed E-state index contributed by atoms with van der Waals surface area (Å²) >= 11 is 3.65. The lowest BCUT2D eigenvalue weighted by molar-refractivity contribution is 0.371. The Morgan fingerprint density at radius 2 is 1.33 bits per heavy atom. The first kappa shape index (κ1) is 31.9. The lowest BCUT2D eigenvalue weighted by atomic mass is 9.95. The summed E-state index contributed by atoms with van der Waals surface area (Å²) in [6, 6.07) is 24.7. The van der Waals surface area contributed by atoms with E-state index in [0.717, 1.165) is 52.5 Å². The third-order valence-electron chi connectivity index (χ3n) is 6.11. The van der Waals surface area contributed by atoms with Crippen LogP contribution in [0.3, 0.4) is 0 Å². The molecule has 2 atom stereocenters. The molecule has 39 heavy (non-hydrogen) atoms. The molecule has 3 aromatic rings. The minimum Gasteiger partial charge on any atom is -0.324 e. The van der Waals surface area contributed by atoms with Crippen LogP contribution in [0, 0.1) is 0 Å². The lowest BCUT2D eigenvalue weighted by Gasteiger charge is -2.26. The van der Waals surface area contributed by atoms with Crippen molar-refractivity contribution in [3.63, 3.8) is 0 Å². The van der Waals surface area contributed by atoms with Crippen LogP contribution < -0.4 is 10.5 Å². The highest BCUT2D eigenvalue weighted by Gasteiger charge is 2.27. The fourth-order valence-electron chi connectivity index (χ4n) is 3.98. The smallest absolute Gasteiger partial charge is 0.324 e. The maximum Gasteiger partial charge on any atom is 0.325 e. The first-order valence-electron chi connectivity index (χ1n) is 12.8. The van der Waals surface area contributed by atoms with Gasteiger partial charge in [-0.3, -0.25) is 4.57 Å². The number of sulfonamides is 1. The van der Waals surface area contributed by atoms with Crippen LogP contribution in [0.5, 0.6) is 0 Å². The van der Waals surface area contributed by atoms with Crippen LogP contribution in [0.1, 0.15) is 41.6 Å². The third kappa shape index (κ3) is 11.4. The third-order valence-corrected chi connectivity index (χ3v) is 10.8. The van der Waals surface area contributed by atoms with Crippen LogP contribution in [0.25, 0.3) is 0 Å². The molecular weight excluding hydrogens is 571 g/mol. The van der Waals surface area contributed by atoms with Gasteiger partial charge in [-0.2, -0.15) is 23.5 Å². The quantitative estimate of drug-likeness (QED) is 0.119. The molecule has 0 fully saturated rings. The summed E-state index contributed by atoms with van der Waals surface area (Å²) in [6.07, 6.45) is 2.18. The highest BCUT2D eigenvalue weighted by molar-refractivity contribution is 8.02. The molecule has 0 bridgehead atoms. The molecule has 0 radical (unpaired) electrons. The summed E-state index contributed by atoms with van der Waals surface area (Å²) in [5.41, 5.74) is 9.28. The van der Waals surface area contributed by atoms with E-state index in [0.29, 0.717) is 6.42 Å². The van der Waals surface area contributed by atoms with Gasteiger partial charge >= 0.3 is 7.60 Å². The zero-order valence-corrected chi connectivity index (χ0v) is 25.1. The summed E-state index contributed by atoms with van der Waals surface area (Å²) in [5, 5.41) is 0. The molecule has 3 rings (SSSR count). The number of hydrogen-bond acceptors (Lipinski definition) is 6. The lowest BCUT2D eigenvalue weighted by Crippen LogP contribution is -2.36. The molecule has 5 N–H and O–H groups in total. The summed E-state index contributed by atoms with van der Waals surface area (Å²) in [7, 11) is -7.68. The molecule has 0 aromatic heterocycles. The Hall–Kier alpha value is -1.62. The fourth-order valence-corrected chi connectivity index (χ4v) is 8.00. The highest BCUT2D eigenvalue weighted by atomic mass is 32.2. The normalized spacial score (nSPS) is 13.7. The van der Waals surface area contributed by atoms with Gasteiger partial charge in [-0.25, -0.2) is 13.1 Å². The van der Waals surface area contributed by atoms with Crippen LogP contribution in [-0.4, -0.2) is 47.4 Å². The molecule has 212 valence electrons. The van der Waals surface area contributed by atoms with Crippen LogP contribution in [-0.2, 0) is 21.0 Å². The number of benzene rings is 3. The number of unbranched alkanes of at least 4 members (excludes halogenated alkanes) is 1. The van der Waals surface area contributed by atoms with Gasteiger partial charge in [0.25, 0.3) is 0 Å². The molecule has 0 amide bonds. The molecule has 0 aliphatic heterocycles. The number of hydrogen-bond donors (Lipinski definition) is 4. The fraction of sp³-hybridized carbons (Fsp3) is 0.357. The summed E-state index contributed by atoms with van der Waals surface area (Å²) in [5.74, 6) is 3.84. The molecule has 7 nitrogen and oxygen atoms in total. The largest absolute Gasteiger partial charge is 0.325 e. The van der Waals surface area contributed by atoms with Crippen molar-refractivity contribution < 1.29 is 22.8 Å². The van der Waals surface area contributed by atoms with Crippen molar-refractivity contribution in [1.29, 1.82) is 0 Å². The minimum atomic E-state index is -3.87. The average Bonchev–Trinajstić information content (AvgIpc) is 2.93.